The molecular formula is C12H21N3OS. The Hall–Kier alpha value is -0.710. The first-order valence-electron chi connectivity index (χ1n) is 6.19. The molecule has 0 aromatic rings. The molecule has 0 bridgehead atoms. The molecule has 1 atom stereocenters. The van der Waals surface area contributed by atoms with Gasteiger partial charge in [-0.05, 0) is 26.7 Å². The summed E-state index contributed by atoms with van der Waals surface area (Å²) < 4.78 is 0. The van der Waals surface area contributed by atoms with E-state index in [1.54, 1.807) is 16.7 Å². The summed E-state index contributed by atoms with van der Waals surface area (Å²) in [6, 6.07) is 0.265. The lowest BCUT2D eigenvalue weighted by Crippen LogP contribution is -2.47. The van der Waals surface area contributed by atoms with E-state index in [4.69, 9.17) is 4.99 Å². The monoisotopic (exact) mass is 255 g/mol. The van der Waals surface area contributed by atoms with E-state index < -0.39 is 0 Å². The number of carbonyl (C=O) groups excluding carboxylic acids is 1. The predicted octanol–water partition coefficient (Wildman–Crippen LogP) is 1.47. The Kier molecular flexibility index (Phi) is 3.66. The van der Waals surface area contributed by atoms with Gasteiger partial charge in [-0.25, -0.2) is 0 Å². The van der Waals surface area contributed by atoms with Crippen LogP contribution < -0.4 is 5.32 Å². The standard InChI is InChI=1S/C12H21N3OS/c1-12(2)6-7-17-11(14-12)13-9-4-5-10(16)15(3)8-9/h9H,4-8H2,1-3H3,(H,13,14). The zero-order chi connectivity index (χ0) is 12.5. The van der Waals surface area contributed by atoms with Crippen molar-refractivity contribution >= 4 is 22.8 Å². The van der Waals surface area contributed by atoms with Gasteiger partial charge in [-0.15, -0.1) is 0 Å². The molecule has 1 unspecified atom stereocenters. The van der Waals surface area contributed by atoms with Gasteiger partial charge < -0.3 is 10.2 Å². The van der Waals surface area contributed by atoms with Crippen molar-refractivity contribution in [1.82, 2.24) is 10.2 Å². The normalized spacial score (nSPS) is 31.5. The lowest BCUT2D eigenvalue weighted by molar-refractivity contribution is -0.132. The van der Waals surface area contributed by atoms with Crippen molar-refractivity contribution in [1.29, 1.82) is 0 Å². The number of likely N-dealkylation sites (N-methyl/N-ethyl adjacent to an activating group) is 1. The Morgan fingerprint density at radius 2 is 2.29 bits per heavy atom. The molecule has 2 fully saturated rings. The van der Waals surface area contributed by atoms with Gasteiger partial charge in [0, 0.05) is 31.3 Å². The van der Waals surface area contributed by atoms with Crippen LogP contribution in [0, 0.1) is 0 Å². The number of nitrogens with one attached hydrogen (secondary N) is 1. The van der Waals surface area contributed by atoms with Gasteiger partial charge >= 0.3 is 0 Å². The van der Waals surface area contributed by atoms with Crippen LogP contribution in [0.4, 0.5) is 0 Å². The molecule has 0 spiro atoms. The summed E-state index contributed by atoms with van der Waals surface area (Å²) in [5.41, 5.74) is 0.153. The van der Waals surface area contributed by atoms with Gasteiger partial charge in [-0.3, -0.25) is 9.79 Å². The third-order valence-electron chi connectivity index (χ3n) is 3.31. The molecule has 1 N–H and O–H groups in total. The van der Waals surface area contributed by atoms with Crippen molar-refractivity contribution < 1.29 is 4.79 Å². The predicted molar refractivity (Wildman–Crippen MR) is 72.4 cm³/mol. The minimum atomic E-state index is 0.153. The molecule has 2 aliphatic heterocycles. The molecule has 0 aromatic heterocycles. The number of rotatable bonds is 1. The maximum atomic E-state index is 11.4. The maximum absolute atomic E-state index is 11.4. The lowest BCUT2D eigenvalue weighted by Gasteiger charge is -2.34. The number of aliphatic imine (C=N–C) groups is 1. The first-order chi connectivity index (χ1) is 7.96. The van der Waals surface area contributed by atoms with Crippen LogP contribution in [-0.4, -0.2) is 46.9 Å². The second kappa shape index (κ2) is 4.88. The van der Waals surface area contributed by atoms with E-state index in [2.05, 4.69) is 19.2 Å². The quantitative estimate of drug-likeness (QED) is 0.771. The third-order valence-corrected chi connectivity index (χ3v) is 4.20. The van der Waals surface area contributed by atoms with E-state index in [-0.39, 0.29) is 17.5 Å². The van der Waals surface area contributed by atoms with Crippen molar-refractivity contribution in [2.24, 2.45) is 4.99 Å². The van der Waals surface area contributed by atoms with Crippen molar-refractivity contribution in [3.63, 3.8) is 0 Å². The summed E-state index contributed by atoms with van der Waals surface area (Å²) in [6.07, 6.45) is 2.68. The van der Waals surface area contributed by atoms with Gasteiger partial charge in [-0.1, -0.05) is 11.8 Å². The Balaban J connectivity index is 1.97. The number of piperidine rings is 1. The van der Waals surface area contributed by atoms with E-state index in [9.17, 15) is 4.79 Å². The molecule has 96 valence electrons. The van der Waals surface area contributed by atoms with Crippen molar-refractivity contribution in [3.05, 3.63) is 0 Å². The van der Waals surface area contributed by atoms with E-state index in [1.165, 1.54) is 6.42 Å². The summed E-state index contributed by atoms with van der Waals surface area (Å²) >= 11 is 1.80. The highest BCUT2D eigenvalue weighted by Crippen LogP contribution is 2.23. The molecule has 1 amide bonds. The molecule has 17 heavy (non-hydrogen) atoms. The van der Waals surface area contributed by atoms with Gasteiger partial charge in [0.05, 0.1) is 6.04 Å². The summed E-state index contributed by atoms with van der Waals surface area (Å²) in [6.45, 7) is 5.17. The Morgan fingerprint density at radius 3 is 2.94 bits per heavy atom. The summed E-state index contributed by atoms with van der Waals surface area (Å²) in [7, 11) is 1.86. The van der Waals surface area contributed by atoms with Gasteiger partial charge in [-0.2, -0.15) is 0 Å². The first kappa shape index (κ1) is 12.7. The highest BCUT2D eigenvalue weighted by atomic mass is 32.2. The molecule has 0 aliphatic carbocycles. The number of hydrogen-bond donors (Lipinski definition) is 1. The minimum absolute atomic E-state index is 0.153. The summed E-state index contributed by atoms with van der Waals surface area (Å²) in [5.74, 6) is 1.37. The van der Waals surface area contributed by atoms with Crippen LogP contribution in [0.1, 0.15) is 33.1 Å². The van der Waals surface area contributed by atoms with Crippen LogP contribution in [0.5, 0.6) is 0 Å². The fraction of sp³-hybridized carbons (Fsp3) is 0.833. The van der Waals surface area contributed by atoms with Crippen LogP contribution in [-0.2, 0) is 4.79 Å². The largest absolute Gasteiger partial charge is 0.360 e. The molecule has 0 radical (unpaired) electrons. The van der Waals surface area contributed by atoms with Gasteiger partial charge in [0.1, 0.15) is 0 Å². The molecular weight excluding hydrogens is 234 g/mol. The van der Waals surface area contributed by atoms with Crippen molar-refractivity contribution in [3.8, 4) is 0 Å². The zero-order valence-corrected chi connectivity index (χ0v) is 11.6. The number of hydrogen-bond acceptors (Lipinski definition) is 3. The Morgan fingerprint density at radius 1 is 1.53 bits per heavy atom. The van der Waals surface area contributed by atoms with E-state index in [0.717, 1.165) is 23.9 Å². The summed E-state index contributed by atoms with van der Waals surface area (Å²) in [4.78, 5) is 17.9. The van der Waals surface area contributed by atoms with Crippen molar-refractivity contribution in [2.45, 2.75) is 44.7 Å². The molecule has 5 heteroatoms. The lowest BCUT2D eigenvalue weighted by atomic mass is 10.0. The van der Waals surface area contributed by atoms with E-state index in [1.807, 2.05) is 7.05 Å². The highest BCUT2D eigenvalue weighted by molar-refractivity contribution is 8.13. The molecule has 2 aliphatic rings. The van der Waals surface area contributed by atoms with Crippen LogP contribution in [0.25, 0.3) is 0 Å². The number of nitrogens with zero attached hydrogens (tertiary/aromatic N) is 2. The van der Waals surface area contributed by atoms with Gasteiger partial charge in [0.2, 0.25) is 5.91 Å². The van der Waals surface area contributed by atoms with E-state index in [0.29, 0.717) is 6.42 Å². The topological polar surface area (TPSA) is 44.7 Å². The first-order valence-corrected chi connectivity index (χ1v) is 7.17. The average molecular weight is 255 g/mol. The van der Waals surface area contributed by atoms with Crippen LogP contribution in [0.3, 0.4) is 0 Å². The number of likely N-dealkylation sites (tertiary alicyclic amines) is 1. The smallest absolute Gasteiger partial charge is 0.222 e. The van der Waals surface area contributed by atoms with Crippen LogP contribution in [0.2, 0.25) is 0 Å². The zero-order valence-electron chi connectivity index (χ0n) is 10.8. The summed E-state index contributed by atoms with van der Waals surface area (Å²) in [5, 5.41) is 4.53. The number of amides is 1. The fourth-order valence-electron chi connectivity index (χ4n) is 2.12. The molecule has 2 heterocycles. The highest BCUT2D eigenvalue weighted by Gasteiger charge is 2.27. The second-order valence-electron chi connectivity index (χ2n) is 5.51. The Bertz CT molecular complexity index is 341. The fourth-order valence-corrected chi connectivity index (χ4v) is 3.50. The molecule has 0 saturated carbocycles. The van der Waals surface area contributed by atoms with Gasteiger partial charge in [0.25, 0.3) is 0 Å². The van der Waals surface area contributed by atoms with Crippen LogP contribution in [0.15, 0.2) is 4.99 Å². The molecule has 0 aromatic carbocycles. The Labute approximate surface area is 107 Å². The second-order valence-corrected chi connectivity index (χ2v) is 6.59. The molecule has 2 rings (SSSR count). The molecule has 4 nitrogen and oxygen atoms in total. The average Bonchev–Trinajstić information content (AvgIpc) is 2.22. The van der Waals surface area contributed by atoms with Crippen molar-refractivity contribution in [2.75, 3.05) is 19.3 Å². The van der Waals surface area contributed by atoms with E-state index >= 15 is 0 Å². The number of thioether (sulfide) groups is 1. The maximum Gasteiger partial charge on any atom is 0.222 e. The SMILES string of the molecule is CN1CC(N=C2NC(C)(C)CCS2)CCC1=O. The molecule has 2 saturated heterocycles. The van der Waals surface area contributed by atoms with Gasteiger partial charge in [0.15, 0.2) is 5.17 Å². The number of amidine groups is 1. The number of carbonyl (C=O) groups is 1. The van der Waals surface area contributed by atoms with Crippen LogP contribution >= 0.6 is 11.8 Å². The third kappa shape index (κ3) is 3.37. The minimum Gasteiger partial charge on any atom is -0.360 e.